The Balaban J connectivity index is 2.64. The minimum atomic E-state index is -0.512. The summed E-state index contributed by atoms with van der Waals surface area (Å²) >= 11 is 0.410. The third-order valence-electron chi connectivity index (χ3n) is 2.92. The second kappa shape index (κ2) is 3.37. The fourth-order valence-corrected chi connectivity index (χ4v) is 4.02. The van der Waals surface area contributed by atoms with Crippen molar-refractivity contribution < 1.29 is 4.39 Å². The van der Waals surface area contributed by atoms with Crippen molar-refractivity contribution in [1.29, 1.82) is 0 Å². The molecule has 0 unspecified atom stereocenters. The Morgan fingerprint density at radius 3 is 2.38 bits per heavy atom. The van der Waals surface area contributed by atoms with Gasteiger partial charge in [0.25, 0.3) is 0 Å². The fourth-order valence-electron chi connectivity index (χ4n) is 2.04. The second-order valence-corrected chi connectivity index (χ2v) is 5.40. The van der Waals surface area contributed by atoms with Crippen LogP contribution >= 0.6 is 0 Å². The van der Waals surface area contributed by atoms with Crippen molar-refractivity contribution in [2.24, 2.45) is 0 Å². The van der Waals surface area contributed by atoms with Gasteiger partial charge in [-0.15, -0.1) is 0 Å². The molecule has 2 nitrogen and oxygen atoms in total. The molecule has 80 valence electrons. The van der Waals surface area contributed by atoms with Crippen molar-refractivity contribution in [1.82, 2.24) is 9.97 Å². The van der Waals surface area contributed by atoms with Crippen LogP contribution in [-0.2, 0) is 0 Å². The van der Waals surface area contributed by atoms with Gasteiger partial charge in [0, 0.05) is 0 Å². The predicted octanol–water partition coefficient (Wildman–Crippen LogP) is 2.60. The zero-order valence-corrected chi connectivity index (χ0v) is 10.6. The summed E-state index contributed by atoms with van der Waals surface area (Å²) in [6.45, 7) is 4.01. The standard InChI is InChI=1S/C12H9FN2Se/c1-6-8-4-16-5-9(8)7(2)12-11(6)14-3-10(13)15-12/h3-5H,1-2H3. The molecule has 0 saturated heterocycles. The van der Waals surface area contributed by atoms with E-state index in [-0.39, 0.29) is 0 Å². The summed E-state index contributed by atoms with van der Waals surface area (Å²) in [5.41, 5.74) is 3.66. The van der Waals surface area contributed by atoms with Crippen molar-refractivity contribution in [3.05, 3.63) is 33.2 Å². The van der Waals surface area contributed by atoms with Gasteiger partial charge in [-0.25, -0.2) is 0 Å². The SMILES string of the molecule is Cc1c2c[se]cc2c(C)c2nc(F)cnc12. The number of nitrogens with zero attached hydrogens (tertiary/aromatic N) is 2. The molecule has 3 aromatic rings. The van der Waals surface area contributed by atoms with E-state index < -0.39 is 5.95 Å². The molecule has 0 atom stereocenters. The van der Waals surface area contributed by atoms with Gasteiger partial charge in [0.1, 0.15) is 0 Å². The van der Waals surface area contributed by atoms with Gasteiger partial charge in [0.2, 0.25) is 0 Å². The van der Waals surface area contributed by atoms with Crippen molar-refractivity contribution in [2.45, 2.75) is 13.8 Å². The van der Waals surface area contributed by atoms with E-state index in [1.807, 2.05) is 13.8 Å². The zero-order valence-electron chi connectivity index (χ0n) is 8.91. The first-order chi connectivity index (χ1) is 7.68. The van der Waals surface area contributed by atoms with Crippen molar-refractivity contribution in [2.75, 3.05) is 0 Å². The number of halogens is 1. The topological polar surface area (TPSA) is 25.8 Å². The molecule has 2 aromatic heterocycles. The van der Waals surface area contributed by atoms with Gasteiger partial charge in [-0.2, -0.15) is 0 Å². The Morgan fingerprint density at radius 2 is 1.69 bits per heavy atom. The molecule has 0 fully saturated rings. The number of aromatic nitrogens is 2. The first kappa shape index (κ1) is 9.94. The van der Waals surface area contributed by atoms with Crippen LogP contribution in [-0.4, -0.2) is 24.5 Å². The molecule has 1 aromatic carbocycles. The molecule has 0 aliphatic carbocycles. The molecular formula is C12H9FN2Se. The summed E-state index contributed by atoms with van der Waals surface area (Å²) in [5.74, 6) is -0.512. The summed E-state index contributed by atoms with van der Waals surface area (Å²) in [6, 6.07) is 0. The Labute approximate surface area is 97.9 Å². The summed E-state index contributed by atoms with van der Waals surface area (Å²) in [6.07, 6.45) is 1.19. The fraction of sp³-hybridized carbons (Fsp3) is 0.167. The molecule has 0 aliphatic rings. The van der Waals surface area contributed by atoms with E-state index in [4.69, 9.17) is 0 Å². The molecule has 0 amide bonds. The normalized spacial score (nSPS) is 11.4. The second-order valence-electron chi connectivity index (χ2n) is 3.84. The third kappa shape index (κ3) is 1.24. The average molecular weight is 279 g/mol. The van der Waals surface area contributed by atoms with E-state index in [1.54, 1.807) is 0 Å². The molecule has 2 heterocycles. The molecular weight excluding hydrogens is 270 g/mol. The van der Waals surface area contributed by atoms with Gasteiger partial charge in [-0.05, 0) is 0 Å². The molecule has 0 N–H and O–H groups in total. The number of benzene rings is 1. The predicted molar refractivity (Wildman–Crippen MR) is 63.4 cm³/mol. The van der Waals surface area contributed by atoms with E-state index in [0.717, 1.165) is 16.6 Å². The van der Waals surface area contributed by atoms with Crippen LogP contribution in [0.4, 0.5) is 4.39 Å². The van der Waals surface area contributed by atoms with E-state index in [1.165, 1.54) is 17.0 Å². The van der Waals surface area contributed by atoms with E-state index in [0.29, 0.717) is 20.0 Å². The Morgan fingerprint density at radius 1 is 1.06 bits per heavy atom. The molecule has 0 radical (unpaired) electrons. The van der Waals surface area contributed by atoms with Crippen LogP contribution < -0.4 is 0 Å². The molecule has 0 spiro atoms. The molecule has 3 rings (SSSR count). The molecule has 0 aliphatic heterocycles. The summed E-state index contributed by atoms with van der Waals surface area (Å²) in [4.78, 5) is 12.6. The Bertz CT molecular complexity index is 703. The number of aryl methyl sites for hydroxylation is 2. The van der Waals surface area contributed by atoms with Crippen LogP contribution in [0.3, 0.4) is 0 Å². The summed E-state index contributed by atoms with van der Waals surface area (Å²) in [7, 11) is 0. The van der Waals surface area contributed by atoms with E-state index in [2.05, 4.69) is 19.8 Å². The first-order valence-corrected chi connectivity index (χ1v) is 6.93. The average Bonchev–Trinajstić information content (AvgIpc) is 2.75. The summed E-state index contributed by atoms with van der Waals surface area (Å²) in [5, 5.41) is 2.47. The number of rotatable bonds is 0. The monoisotopic (exact) mass is 280 g/mol. The molecule has 16 heavy (non-hydrogen) atoms. The number of hydrogen-bond donors (Lipinski definition) is 0. The Kier molecular flexibility index (Phi) is 2.09. The third-order valence-corrected chi connectivity index (χ3v) is 4.48. The van der Waals surface area contributed by atoms with Crippen LogP contribution in [0.1, 0.15) is 11.1 Å². The van der Waals surface area contributed by atoms with Crippen LogP contribution in [0.5, 0.6) is 0 Å². The van der Waals surface area contributed by atoms with Gasteiger partial charge in [-0.1, -0.05) is 0 Å². The van der Waals surface area contributed by atoms with Gasteiger partial charge in [0.15, 0.2) is 0 Å². The van der Waals surface area contributed by atoms with Crippen molar-refractivity contribution >= 4 is 36.3 Å². The van der Waals surface area contributed by atoms with Gasteiger partial charge < -0.3 is 0 Å². The quantitative estimate of drug-likeness (QED) is 0.591. The number of hydrogen-bond acceptors (Lipinski definition) is 2. The minimum absolute atomic E-state index is 0.410. The van der Waals surface area contributed by atoms with Crippen molar-refractivity contribution in [3.63, 3.8) is 0 Å². The Hall–Kier alpha value is -1.25. The van der Waals surface area contributed by atoms with Crippen LogP contribution in [0, 0.1) is 19.8 Å². The first-order valence-electron chi connectivity index (χ1n) is 4.96. The van der Waals surface area contributed by atoms with Crippen molar-refractivity contribution in [3.8, 4) is 0 Å². The van der Waals surface area contributed by atoms with Crippen LogP contribution in [0.25, 0.3) is 21.8 Å². The van der Waals surface area contributed by atoms with Gasteiger partial charge in [-0.3, -0.25) is 0 Å². The zero-order chi connectivity index (χ0) is 11.3. The molecule has 4 heteroatoms. The van der Waals surface area contributed by atoms with Gasteiger partial charge >= 0.3 is 97.7 Å². The molecule has 0 saturated carbocycles. The molecule has 0 bridgehead atoms. The van der Waals surface area contributed by atoms with Crippen LogP contribution in [0.15, 0.2) is 16.1 Å². The van der Waals surface area contributed by atoms with E-state index in [9.17, 15) is 4.39 Å². The maximum atomic E-state index is 13.1. The van der Waals surface area contributed by atoms with Crippen LogP contribution in [0.2, 0.25) is 0 Å². The van der Waals surface area contributed by atoms with Gasteiger partial charge in [0.05, 0.1) is 0 Å². The summed E-state index contributed by atoms with van der Waals surface area (Å²) < 4.78 is 13.1. The maximum absolute atomic E-state index is 13.1. The number of fused-ring (bicyclic) bond motifs is 2. The van der Waals surface area contributed by atoms with E-state index >= 15 is 0 Å².